The van der Waals surface area contributed by atoms with Crippen LogP contribution >= 0.6 is 0 Å². The first kappa shape index (κ1) is 13.9. The van der Waals surface area contributed by atoms with Crippen molar-refractivity contribution in [1.29, 1.82) is 0 Å². The third-order valence-electron chi connectivity index (χ3n) is 3.97. The molecule has 0 aromatic carbocycles. The second kappa shape index (κ2) is 5.61. The van der Waals surface area contributed by atoms with Crippen molar-refractivity contribution in [3.63, 3.8) is 0 Å². The zero-order chi connectivity index (χ0) is 14.0. The van der Waals surface area contributed by atoms with E-state index in [-0.39, 0.29) is 31.0 Å². The average Bonchev–Trinajstić information content (AvgIpc) is 2.91. The van der Waals surface area contributed by atoms with Gasteiger partial charge in [-0.15, -0.1) is 0 Å². The summed E-state index contributed by atoms with van der Waals surface area (Å²) in [6.07, 6.45) is 2.98. The summed E-state index contributed by atoms with van der Waals surface area (Å²) >= 11 is 0. The number of amides is 1. The van der Waals surface area contributed by atoms with Crippen molar-refractivity contribution < 1.29 is 9.90 Å². The molecule has 1 aliphatic carbocycles. The number of hydrogen-bond donors (Lipinski definition) is 3. The minimum absolute atomic E-state index is 0.0732. The summed E-state index contributed by atoms with van der Waals surface area (Å²) in [5.41, 5.74) is 8.04. The lowest BCUT2D eigenvalue weighted by atomic mass is 10.1. The van der Waals surface area contributed by atoms with Gasteiger partial charge in [-0.3, -0.25) is 9.48 Å². The summed E-state index contributed by atoms with van der Waals surface area (Å²) in [5, 5.41) is 16.5. The Balaban J connectivity index is 1.96. The smallest absolute Gasteiger partial charge is 0.241 e. The predicted octanol–water partition coefficient (Wildman–Crippen LogP) is 0.359. The van der Waals surface area contributed by atoms with Gasteiger partial charge in [0.1, 0.15) is 6.54 Å². The number of nitrogens with zero attached hydrogens (tertiary/aromatic N) is 2. The lowest BCUT2D eigenvalue weighted by molar-refractivity contribution is -0.122. The van der Waals surface area contributed by atoms with Gasteiger partial charge in [0.25, 0.3) is 0 Å². The van der Waals surface area contributed by atoms with E-state index >= 15 is 0 Å². The summed E-state index contributed by atoms with van der Waals surface area (Å²) in [5.74, 6) is 0.116. The Morgan fingerprint density at radius 2 is 2.26 bits per heavy atom. The maximum absolute atomic E-state index is 12.0. The fourth-order valence-electron chi connectivity index (χ4n) is 2.70. The molecule has 1 aromatic heterocycles. The Kier molecular flexibility index (Phi) is 4.09. The molecule has 0 spiro atoms. The van der Waals surface area contributed by atoms with Gasteiger partial charge in [-0.25, -0.2) is 0 Å². The van der Waals surface area contributed by atoms with Gasteiger partial charge < -0.3 is 16.2 Å². The van der Waals surface area contributed by atoms with E-state index in [1.165, 1.54) is 0 Å². The summed E-state index contributed by atoms with van der Waals surface area (Å²) in [6, 6.07) is 0.0896. The fourth-order valence-corrected chi connectivity index (χ4v) is 2.70. The summed E-state index contributed by atoms with van der Waals surface area (Å²) in [4.78, 5) is 12.0. The van der Waals surface area contributed by atoms with Gasteiger partial charge >= 0.3 is 0 Å². The monoisotopic (exact) mass is 266 g/mol. The van der Waals surface area contributed by atoms with Crippen LogP contribution in [0.5, 0.6) is 0 Å². The third kappa shape index (κ3) is 2.89. The van der Waals surface area contributed by atoms with Gasteiger partial charge in [-0.05, 0) is 26.7 Å². The van der Waals surface area contributed by atoms with E-state index in [4.69, 9.17) is 5.73 Å². The standard InChI is InChI=1S/C13H22N4O2/c1-8-13(14)9(2)17(16-8)6-12(19)15-11-5-3-4-10(11)7-18/h10-11,18H,3-7,14H2,1-2H3,(H,15,19). The number of carbonyl (C=O) groups is 1. The normalized spacial score (nSPS) is 22.7. The quantitative estimate of drug-likeness (QED) is 0.733. The number of aliphatic hydroxyl groups excluding tert-OH is 1. The number of aromatic nitrogens is 2. The highest BCUT2D eigenvalue weighted by Crippen LogP contribution is 2.25. The van der Waals surface area contributed by atoms with Crippen LogP contribution in [-0.4, -0.2) is 33.4 Å². The van der Waals surface area contributed by atoms with Crippen LogP contribution in [0.15, 0.2) is 0 Å². The van der Waals surface area contributed by atoms with E-state index in [0.717, 1.165) is 30.7 Å². The highest BCUT2D eigenvalue weighted by atomic mass is 16.3. The van der Waals surface area contributed by atoms with Gasteiger partial charge in [0.15, 0.2) is 0 Å². The number of hydrogen-bond acceptors (Lipinski definition) is 4. The van der Waals surface area contributed by atoms with E-state index < -0.39 is 0 Å². The summed E-state index contributed by atoms with van der Waals surface area (Å²) in [7, 11) is 0. The number of aryl methyl sites for hydroxylation is 1. The zero-order valence-corrected chi connectivity index (χ0v) is 11.5. The van der Waals surface area contributed by atoms with Crippen molar-refractivity contribution in [2.24, 2.45) is 5.92 Å². The second-order valence-corrected chi connectivity index (χ2v) is 5.29. The highest BCUT2D eigenvalue weighted by Gasteiger charge is 2.28. The number of rotatable bonds is 4. The molecule has 1 aliphatic rings. The molecule has 1 aromatic rings. The molecule has 0 radical (unpaired) electrons. The molecule has 0 aliphatic heterocycles. The average molecular weight is 266 g/mol. The minimum Gasteiger partial charge on any atom is -0.396 e. The van der Waals surface area contributed by atoms with Crippen molar-refractivity contribution >= 4 is 11.6 Å². The van der Waals surface area contributed by atoms with Crippen LogP contribution in [0.1, 0.15) is 30.7 Å². The molecule has 1 amide bonds. The zero-order valence-electron chi connectivity index (χ0n) is 11.5. The number of aliphatic hydroxyl groups is 1. The lowest BCUT2D eigenvalue weighted by Gasteiger charge is -2.19. The Morgan fingerprint density at radius 3 is 2.84 bits per heavy atom. The second-order valence-electron chi connectivity index (χ2n) is 5.29. The molecule has 4 N–H and O–H groups in total. The van der Waals surface area contributed by atoms with Crippen LogP contribution in [0.2, 0.25) is 0 Å². The topological polar surface area (TPSA) is 93.2 Å². The molecule has 106 valence electrons. The van der Waals surface area contributed by atoms with Crippen LogP contribution in [0.3, 0.4) is 0 Å². The van der Waals surface area contributed by atoms with Crippen molar-refractivity contribution in [3.05, 3.63) is 11.4 Å². The third-order valence-corrected chi connectivity index (χ3v) is 3.97. The number of nitrogen functional groups attached to an aromatic ring is 1. The van der Waals surface area contributed by atoms with Gasteiger partial charge in [0.05, 0.1) is 17.1 Å². The van der Waals surface area contributed by atoms with Crippen molar-refractivity contribution in [3.8, 4) is 0 Å². The molecule has 1 saturated carbocycles. The molecular weight excluding hydrogens is 244 g/mol. The van der Waals surface area contributed by atoms with Crippen LogP contribution in [0.25, 0.3) is 0 Å². The highest BCUT2D eigenvalue weighted by molar-refractivity contribution is 5.76. The van der Waals surface area contributed by atoms with E-state index in [2.05, 4.69) is 10.4 Å². The summed E-state index contributed by atoms with van der Waals surface area (Å²) in [6.45, 7) is 4.00. The first-order valence-electron chi connectivity index (χ1n) is 6.72. The van der Waals surface area contributed by atoms with Gasteiger partial charge in [-0.1, -0.05) is 6.42 Å². The van der Waals surface area contributed by atoms with E-state index in [1.54, 1.807) is 4.68 Å². The van der Waals surface area contributed by atoms with E-state index in [0.29, 0.717) is 5.69 Å². The molecule has 1 heterocycles. The van der Waals surface area contributed by atoms with Gasteiger partial charge in [-0.2, -0.15) is 5.10 Å². The van der Waals surface area contributed by atoms with Gasteiger partial charge in [0, 0.05) is 18.6 Å². The SMILES string of the molecule is Cc1nn(CC(=O)NC2CCCC2CO)c(C)c1N. The van der Waals surface area contributed by atoms with Crippen LogP contribution in [-0.2, 0) is 11.3 Å². The Morgan fingerprint density at radius 1 is 1.53 bits per heavy atom. The first-order valence-corrected chi connectivity index (χ1v) is 6.72. The Labute approximate surface area is 113 Å². The van der Waals surface area contributed by atoms with E-state index in [9.17, 15) is 9.90 Å². The molecule has 6 heteroatoms. The number of nitrogens with one attached hydrogen (secondary N) is 1. The molecule has 19 heavy (non-hydrogen) atoms. The molecule has 6 nitrogen and oxygen atoms in total. The lowest BCUT2D eigenvalue weighted by Crippen LogP contribution is -2.40. The predicted molar refractivity (Wildman–Crippen MR) is 72.5 cm³/mol. The summed E-state index contributed by atoms with van der Waals surface area (Å²) < 4.78 is 1.63. The van der Waals surface area contributed by atoms with Crippen LogP contribution < -0.4 is 11.1 Å². The number of carbonyl (C=O) groups excluding carboxylic acids is 1. The van der Waals surface area contributed by atoms with Crippen molar-refractivity contribution in [1.82, 2.24) is 15.1 Å². The van der Waals surface area contributed by atoms with Crippen LogP contribution in [0.4, 0.5) is 5.69 Å². The minimum atomic E-state index is -0.0732. The molecular formula is C13H22N4O2. The molecule has 1 fully saturated rings. The van der Waals surface area contributed by atoms with Crippen molar-refractivity contribution in [2.75, 3.05) is 12.3 Å². The number of anilines is 1. The Hall–Kier alpha value is -1.56. The maximum Gasteiger partial charge on any atom is 0.241 e. The van der Waals surface area contributed by atoms with Crippen LogP contribution in [0, 0.1) is 19.8 Å². The fraction of sp³-hybridized carbons (Fsp3) is 0.692. The van der Waals surface area contributed by atoms with Gasteiger partial charge in [0.2, 0.25) is 5.91 Å². The Bertz CT molecular complexity index is 469. The molecule has 0 bridgehead atoms. The largest absolute Gasteiger partial charge is 0.396 e. The molecule has 2 rings (SSSR count). The van der Waals surface area contributed by atoms with Crippen molar-refractivity contribution in [2.45, 2.75) is 45.7 Å². The van der Waals surface area contributed by atoms with E-state index in [1.807, 2.05) is 13.8 Å². The number of nitrogens with two attached hydrogens (primary N) is 1. The first-order chi connectivity index (χ1) is 9.02. The maximum atomic E-state index is 12.0. The molecule has 0 saturated heterocycles. The molecule has 2 unspecified atom stereocenters. The molecule has 2 atom stereocenters.